The highest BCUT2D eigenvalue weighted by atomic mass is 32.2. The van der Waals surface area contributed by atoms with E-state index in [1.165, 1.54) is 228 Å². The van der Waals surface area contributed by atoms with Gasteiger partial charge in [0.05, 0.1) is 13.2 Å². The van der Waals surface area contributed by atoms with Crippen LogP contribution in [0.5, 0.6) is 11.5 Å². The van der Waals surface area contributed by atoms with Gasteiger partial charge in [0.25, 0.3) is 0 Å². The summed E-state index contributed by atoms with van der Waals surface area (Å²) in [5.74, 6) is 7.48. The monoisotopic (exact) mass is 763 g/mol. The summed E-state index contributed by atoms with van der Waals surface area (Å²) in [5, 5.41) is 0. The second-order valence-corrected chi connectivity index (χ2v) is 18.2. The van der Waals surface area contributed by atoms with Crippen molar-refractivity contribution in [3.8, 4) is 11.5 Å². The van der Waals surface area contributed by atoms with Crippen LogP contribution in [0.4, 0.5) is 0 Å². The molecule has 0 aliphatic rings. The lowest BCUT2D eigenvalue weighted by Gasteiger charge is -2.09. The number of hydrogen-bond acceptors (Lipinski definition) is 4. The molecular weight excluding hydrogens is 673 g/mol. The molecule has 0 radical (unpaired) electrons. The SMILES string of the molecule is CCCCCCCCCCSCCCCCCCCCCCOc1ccc(OCCCCCCCCCCCSCCCCCCCCCC)cc1. The predicted molar refractivity (Wildman–Crippen MR) is 240 cm³/mol. The molecule has 0 spiro atoms. The van der Waals surface area contributed by atoms with Gasteiger partial charge < -0.3 is 9.47 Å². The molecule has 0 atom stereocenters. The van der Waals surface area contributed by atoms with Crippen LogP contribution >= 0.6 is 23.5 Å². The quantitative estimate of drug-likeness (QED) is 0.0616. The van der Waals surface area contributed by atoms with E-state index in [1.807, 2.05) is 0 Å². The largest absolute Gasteiger partial charge is 0.494 e. The summed E-state index contributed by atoms with van der Waals surface area (Å²) in [6, 6.07) is 8.28. The van der Waals surface area contributed by atoms with Crippen LogP contribution in [0, 0.1) is 0 Å². The molecule has 0 N–H and O–H groups in total. The molecule has 0 heterocycles. The number of rotatable bonds is 44. The molecule has 0 aliphatic carbocycles. The summed E-state index contributed by atoms with van der Waals surface area (Å²) in [5.41, 5.74) is 0. The Morgan fingerprint density at radius 3 is 0.750 bits per heavy atom. The average Bonchev–Trinajstić information content (AvgIpc) is 3.16. The van der Waals surface area contributed by atoms with Gasteiger partial charge in [-0.2, -0.15) is 23.5 Å². The molecule has 0 bridgehead atoms. The number of thioether (sulfide) groups is 2. The van der Waals surface area contributed by atoms with Gasteiger partial charge in [0.15, 0.2) is 0 Å². The predicted octanol–water partition coefficient (Wildman–Crippen LogP) is 17.2. The zero-order valence-corrected chi connectivity index (χ0v) is 36.9. The van der Waals surface area contributed by atoms with Crippen molar-refractivity contribution in [2.45, 2.75) is 232 Å². The third-order valence-electron chi connectivity index (χ3n) is 10.5. The van der Waals surface area contributed by atoms with E-state index >= 15 is 0 Å². The fourth-order valence-corrected chi connectivity index (χ4v) is 9.02. The molecule has 1 aromatic rings. The summed E-state index contributed by atoms with van der Waals surface area (Å²) in [4.78, 5) is 0. The van der Waals surface area contributed by atoms with Crippen LogP contribution in [0.15, 0.2) is 24.3 Å². The van der Waals surface area contributed by atoms with Crippen molar-refractivity contribution in [1.82, 2.24) is 0 Å². The van der Waals surface area contributed by atoms with Crippen molar-refractivity contribution in [2.75, 3.05) is 36.2 Å². The Morgan fingerprint density at radius 1 is 0.288 bits per heavy atom. The van der Waals surface area contributed by atoms with Gasteiger partial charge in [-0.05, 0) is 85.8 Å². The first-order valence-corrected chi connectivity index (χ1v) is 25.7. The summed E-state index contributed by atoms with van der Waals surface area (Å²) >= 11 is 4.39. The molecule has 0 amide bonds. The van der Waals surface area contributed by atoms with Crippen LogP contribution in [0.25, 0.3) is 0 Å². The molecule has 0 aliphatic heterocycles. The fraction of sp³-hybridized carbons (Fsp3) is 0.875. The Kier molecular flexibility index (Phi) is 41.2. The molecular formula is C48H90O2S2. The average molecular weight is 763 g/mol. The zero-order valence-electron chi connectivity index (χ0n) is 35.2. The minimum Gasteiger partial charge on any atom is -0.494 e. The number of hydrogen-bond donors (Lipinski definition) is 0. The lowest BCUT2D eigenvalue weighted by atomic mass is 10.1. The molecule has 52 heavy (non-hydrogen) atoms. The highest BCUT2D eigenvalue weighted by molar-refractivity contribution is 7.99. The highest BCUT2D eigenvalue weighted by Gasteiger charge is 2.00. The molecule has 1 rings (SSSR count). The Morgan fingerprint density at radius 2 is 0.500 bits per heavy atom. The third kappa shape index (κ3) is 37.8. The maximum absolute atomic E-state index is 5.99. The van der Waals surface area contributed by atoms with Gasteiger partial charge in [-0.25, -0.2) is 0 Å². The summed E-state index contributed by atoms with van der Waals surface area (Å²) in [7, 11) is 0. The minimum absolute atomic E-state index is 0.829. The van der Waals surface area contributed by atoms with E-state index in [4.69, 9.17) is 9.47 Å². The van der Waals surface area contributed by atoms with E-state index in [-0.39, 0.29) is 0 Å². The van der Waals surface area contributed by atoms with Gasteiger partial charge in [-0.15, -0.1) is 0 Å². The maximum Gasteiger partial charge on any atom is 0.119 e. The van der Waals surface area contributed by atoms with Gasteiger partial charge in [-0.3, -0.25) is 0 Å². The summed E-state index contributed by atoms with van der Waals surface area (Å²) < 4.78 is 12.0. The molecule has 0 unspecified atom stereocenters. The lowest BCUT2D eigenvalue weighted by molar-refractivity contribution is 0.296. The standard InChI is InChI=1S/C48H90O2S2/c1-3-5-7-9-11-21-27-33-43-51-45-35-29-23-17-13-15-19-25-31-41-49-47-37-39-48(40-38-47)50-42-32-26-20-16-14-18-24-30-36-46-52-44-34-28-22-12-10-8-6-4-2/h37-40H,3-36,41-46H2,1-2H3. The van der Waals surface area contributed by atoms with Crippen molar-refractivity contribution in [3.05, 3.63) is 24.3 Å². The van der Waals surface area contributed by atoms with Crippen LogP contribution in [-0.2, 0) is 0 Å². The third-order valence-corrected chi connectivity index (χ3v) is 12.8. The second kappa shape index (κ2) is 43.3. The second-order valence-electron chi connectivity index (χ2n) is 15.7. The minimum atomic E-state index is 0.829. The Hall–Kier alpha value is -0.480. The zero-order chi connectivity index (χ0) is 37.1. The van der Waals surface area contributed by atoms with E-state index in [1.54, 1.807) is 0 Å². The van der Waals surface area contributed by atoms with Crippen molar-refractivity contribution in [2.24, 2.45) is 0 Å². The van der Waals surface area contributed by atoms with Gasteiger partial charge in [-0.1, -0.05) is 194 Å². The Labute approximate surface area is 335 Å². The number of benzene rings is 1. The van der Waals surface area contributed by atoms with Gasteiger partial charge in [0.2, 0.25) is 0 Å². The molecule has 1 aromatic carbocycles. The first-order valence-electron chi connectivity index (χ1n) is 23.4. The molecule has 0 saturated carbocycles. The smallest absolute Gasteiger partial charge is 0.119 e. The van der Waals surface area contributed by atoms with Crippen molar-refractivity contribution < 1.29 is 9.47 Å². The molecule has 0 aromatic heterocycles. The molecule has 4 heteroatoms. The van der Waals surface area contributed by atoms with E-state index in [0.29, 0.717) is 0 Å². The molecule has 306 valence electrons. The van der Waals surface area contributed by atoms with Crippen molar-refractivity contribution >= 4 is 23.5 Å². The van der Waals surface area contributed by atoms with E-state index in [9.17, 15) is 0 Å². The maximum atomic E-state index is 5.99. The molecule has 2 nitrogen and oxygen atoms in total. The Balaban J connectivity index is 1.76. The molecule has 0 saturated heterocycles. The van der Waals surface area contributed by atoms with E-state index < -0.39 is 0 Å². The van der Waals surface area contributed by atoms with Crippen LogP contribution < -0.4 is 9.47 Å². The first-order chi connectivity index (χ1) is 25.9. The van der Waals surface area contributed by atoms with E-state index in [0.717, 1.165) is 37.6 Å². The summed E-state index contributed by atoms with van der Waals surface area (Å²) in [6.45, 7) is 6.26. The summed E-state index contributed by atoms with van der Waals surface area (Å²) in [6.07, 6.45) is 47.6. The van der Waals surface area contributed by atoms with Crippen LogP contribution in [0.2, 0.25) is 0 Å². The first kappa shape index (κ1) is 49.5. The topological polar surface area (TPSA) is 18.5 Å². The van der Waals surface area contributed by atoms with Crippen LogP contribution in [0.1, 0.15) is 232 Å². The van der Waals surface area contributed by atoms with Crippen molar-refractivity contribution in [1.29, 1.82) is 0 Å². The number of ether oxygens (including phenoxy) is 2. The lowest BCUT2D eigenvalue weighted by Crippen LogP contribution is -1.99. The van der Waals surface area contributed by atoms with Crippen LogP contribution in [0.3, 0.4) is 0 Å². The van der Waals surface area contributed by atoms with Gasteiger partial charge in [0.1, 0.15) is 11.5 Å². The van der Waals surface area contributed by atoms with Gasteiger partial charge in [0, 0.05) is 0 Å². The fourth-order valence-electron chi connectivity index (χ4n) is 6.98. The van der Waals surface area contributed by atoms with Crippen LogP contribution in [-0.4, -0.2) is 36.2 Å². The van der Waals surface area contributed by atoms with Crippen molar-refractivity contribution in [3.63, 3.8) is 0 Å². The Bertz CT molecular complexity index is 720. The normalized spacial score (nSPS) is 11.4. The van der Waals surface area contributed by atoms with E-state index in [2.05, 4.69) is 61.6 Å². The number of unbranched alkanes of at least 4 members (excludes halogenated alkanes) is 30. The highest BCUT2D eigenvalue weighted by Crippen LogP contribution is 2.20. The molecule has 0 fully saturated rings. The van der Waals surface area contributed by atoms with Gasteiger partial charge >= 0.3 is 0 Å².